The molecular formula is C36H41N3O4S. The highest BCUT2D eigenvalue weighted by Gasteiger charge is 2.35. The van der Waals surface area contributed by atoms with E-state index in [0.717, 1.165) is 33.0 Å². The van der Waals surface area contributed by atoms with Crippen LogP contribution < -0.4 is 9.62 Å². The van der Waals surface area contributed by atoms with Crippen LogP contribution in [0.5, 0.6) is 0 Å². The van der Waals surface area contributed by atoms with Crippen LogP contribution in [0.2, 0.25) is 0 Å². The zero-order chi connectivity index (χ0) is 31.7. The largest absolute Gasteiger partial charge is 0.352 e. The Morgan fingerprint density at radius 2 is 1.39 bits per heavy atom. The molecule has 230 valence electrons. The second-order valence-electron chi connectivity index (χ2n) is 11.1. The van der Waals surface area contributed by atoms with Crippen LogP contribution in [-0.4, -0.2) is 43.8 Å². The van der Waals surface area contributed by atoms with Crippen LogP contribution in [-0.2, 0) is 32.6 Å². The van der Waals surface area contributed by atoms with E-state index in [1.807, 2.05) is 82.3 Å². The van der Waals surface area contributed by atoms with Crippen molar-refractivity contribution in [1.82, 2.24) is 10.2 Å². The summed E-state index contributed by atoms with van der Waals surface area (Å²) >= 11 is 0. The van der Waals surface area contributed by atoms with E-state index in [4.69, 9.17) is 0 Å². The van der Waals surface area contributed by atoms with E-state index >= 15 is 0 Å². The van der Waals surface area contributed by atoms with Crippen molar-refractivity contribution in [3.05, 3.63) is 131 Å². The molecule has 4 aromatic rings. The molecule has 4 aromatic carbocycles. The predicted octanol–water partition coefficient (Wildman–Crippen LogP) is 6.05. The number of benzene rings is 4. The first-order valence-electron chi connectivity index (χ1n) is 14.9. The molecule has 0 spiro atoms. The number of carbonyl (C=O) groups excluding carboxylic acids is 2. The third kappa shape index (κ3) is 8.14. The zero-order valence-electron chi connectivity index (χ0n) is 25.8. The molecular weight excluding hydrogens is 570 g/mol. The average molecular weight is 612 g/mol. The molecule has 0 aromatic heterocycles. The number of para-hydroxylation sites is 1. The third-order valence-corrected chi connectivity index (χ3v) is 9.59. The summed E-state index contributed by atoms with van der Waals surface area (Å²) in [5, 5.41) is 3.07. The number of hydrogen-bond donors (Lipinski definition) is 1. The summed E-state index contributed by atoms with van der Waals surface area (Å²) < 4.78 is 29.3. The molecule has 0 aliphatic carbocycles. The van der Waals surface area contributed by atoms with Crippen LogP contribution in [0, 0.1) is 13.8 Å². The fourth-order valence-corrected chi connectivity index (χ4v) is 6.34. The fraction of sp³-hybridized carbons (Fsp3) is 0.278. The number of carbonyl (C=O) groups is 2. The minimum Gasteiger partial charge on any atom is -0.352 e. The van der Waals surface area contributed by atoms with Crippen molar-refractivity contribution in [2.45, 2.75) is 64.1 Å². The van der Waals surface area contributed by atoms with Crippen molar-refractivity contribution in [2.24, 2.45) is 0 Å². The van der Waals surface area contributed by atoms with Gasteiger partial charge in [-0.05, 0) is 68.1 Å². The van der Waals surface area contributed by atoms with Crippen LogP contribution in [0.3, 0.4) is 0 Å². The lowest BCUT2D eigenvalue weighted by Gasteiger charge is -2.34. The molecule has 8 heteroatoms. The average Bonchev–Trinajstić information content (AvgIpc) is 3.03. The Kier molecular flexibility index (Phi) is 11.0. The van der Waals surface area contributed by atoms with E-state index in [0.29, 0.717) is 5.69 Å². The Morgan fingerprint density at radius 3 is 2.00 bits per heavy atom. The molecule has 0 aliphatic rings. The Labute approximate surface area is 261 Å². The van der Waals surface area contributed by atoms with Crippen LogP contribution in [0.25, 0.3) is 0 Å². The van der Waals surface area contributed by atoms with E-state index in [-0.39, 0.29) is 29.8 Å². The summed E-state index contributed by atoms with van der Waals surface area (Å²) in [7, 11) is -4.12. The van der Waals surface area contributed by atoms with Crippen molar-refractivity contribution in [3.63, 3.8) is 0 Å². The predicted molar refractivity (Wildman–Crippen MR) is 176 cm³/mol. The molecule has 0 saturated heterocycles. The topological polar surface area (TPSA) is 86.8 Å². The van der Waals surface area contributed by atoms with E-state index in [1.54, 1.807) is 54.6 Å². The monoisotopic (exact) mass is 611 g/mol. The van der Waals surface area contributed by atoms with Crippen molar-refractivity contribution in [1.29, 1.82) is 0 Å². The van der Waals surface area contributed by atoms with Gasteiger partial charge in [-0.25, -0.2) is 8.42 Å². The molecule has 0 saturated carbocycles. The molecule has 0 fully saturated rings. The maximum Gasteiger partial charge on any atom is 0.264 e. The Bertz CT molecular complexity index is 1640. The second kappa shape index (κ2) is 14.8. The molecule has 7 nitrogen and oxygen atoms in total. The van der Waals surface area contributed by atoms with Crippen LogP contribution >= 0.6 is 0 Å². The number of nitrogens with one attached hydrogen (secondary N) is 1. The molecule has 44 heavy (non-hydrogen) atoms. The minimum atomic E-state index is -4.12. The summed E-state index contributed by atoms with van der Waals surface area (Å²) in [5.74, 6) is -0.759. The number of rotatable bonds is 13. The van der Waals surface area contributed by atoms with Gasteiger partial charge in [0.25, 0.3) is 10.0 Å². The van der Waals surface area contributed by atoms with Gasteiger partial charge in [-0.15, -0.1) is 0 Å². The van der Waals surface area contributed by atoms with Crippen molar-refractivity contribution in [2.75, 3.05) is 10.8 Å². The number of aryl methyl sites for hydroxylation is 2. The van der Waals surface area contributed by atoms with Gasteiger partial charge in [0.15, 0.2) is 0 Å². The number of nitrogens with zero attached hydrogens (tertiary/aromatic N) is 2. The molecule has 0 unspecified atom stereocenters. The number of anilines is 1. The zero-order valence-corrected chi connectivity index (χ0v) is 26.6. The van der Waals surface area contributed by atoms with Gasteiger partial charge in [-0.1, -0.05) is 97.4 Å². The minimum absolute atomic E-state index is 0.0838. The number of sulfonamides is 1. The molecule has 0 aliphatic heterocycles. The van der Waals surface area contributed by atoms with Crippen molar-refractivity contribution < 1.29 is 18.0 Å². The molecule has 1 N–H and O–H groups in total. The lowest BCUT2D eigenvalue weighted by molar-refractivity contribution is -0.140. The normalized spacial score (nSPS) is 12.6. The lowest BCUT2D eigenvalue weighted by atomic mass is 10.0. The van der Waals surface area contributed by atoms with Gasteiger partial charge in [0.1, 0.15) is 12.6 Å². The molecule has 2 atom stereocenters. The van der Waals surface area contributed by atoms with Crippen LogP contribution in [0.1, 0.15) is 42.5 Å². The van der Waals surface area contributed by atoms with Gasteiger partial charge >= 0.3 is 0 Å². The molecule has 0 radical (unpaired) electrons. The van der Waals surface area contributed by atoms with Gasteiger partial charge in [0.2, 0.25) is 11.8 Å². The maximum atomic E-state index is 14.5. The standard InChI is InChI=1S/C36H41N3O4S/c1-5-29(4)37-36(41)34(24-30-15-8-6-9-16-30)38(25-31-17-13-12-14-28(31)3)35(40)26-39(32-18-10-7-11-19-32)44(42,43)33-22-20-27(2)21-23-33/h6-23,29,34H,5,24-26H2,1-4H3,(H,37,41)/t29-,34-/m1/s1. The van der Waals surface area contributed by atoms with E-state index in [2.05, 4.69) is 5.32 Å². The lowest BCUT2D eigenvalue weighted by Crippen LogP contribution is -2.54. The fourth-order valence-electron chi connectivity index (χ4n) is 4.93. The quantitative estimate of drug-likeness (QED) is 0.199. The molecule has 0 heterocycles. The van der Waals surface area contributed by atoms with E-state index in [1.165, 1.54) is 4.90 Å². The van der Waals surface area contributed by atoms with Crippen LogP contribution in [0.4, 0.5) is 5.69 Å². The molecule has 2 amide bonds. The van der Waals surface area contributed by atoms with Gasteiger partial charge in [-0.2, -0.15) is 0 Å². The van der Waals surface area contributed by atoms with E-state index in [9.17, 15) is 18.0 Å². The first kappa shape index (κ1) is 32.5. The summed E-state index contributed by atoms with van der Waals surface area (Å²) in [6.07, 6.45) is 1.00. The Balaban J connectivity index is 1.80. The Hall–Kier alpha value is -4.43. The van der Waals surface area contributed by atoms with Gasteiger partial charge < -0.3 is 10.2 Å². The summed E-state index contributed by atoms with van der Waals surface area (Å²) in [5.41, 5.74) is 4.03. The summed E-state index contributed by atoms with van der Waals surface area (Å²) in [6.45, 7) is 7.42. The van der Waals surface area contributed by atoms with Gasteiger partial charge in [0.05, 0.1) is 10.6 Å². The summed E-state index contributed by atoms with van der Waals surface area (Å²) in [6, 6.07) is 31.5. The highest BCUT2D eigenvalue weighted by atomic mass is 32.2. The van der Waals surface area contributed by atoms with E-state index < -0.39 is 28.5 Å². The SMILES string of the molecule is CC[C@@H](C)NC(=O)[C@@H](Cc1ccccc1)N(Cc1ccccc1C)C(=O)CN(c1ccccc1)S(=O)(=O)c1ccc(C)cc1. The number of hydrogen-bond acceptors (Lipinski definition) is 4. The first-order valence-corrected chi connectivity index (χ1v) is 16.4. The van der Waals surface area contributed by atoms with Crippen molar-refractivity contribution >= 4 is 27.5 Å². The highest BCUT2D eigenvalue weighted by molar-refractivity contribution is 7.92. The van der Waals surface area contributed by atoms with Gasteiger partial charge in [0, 0.05) is 19.0 Å². The Morgan fingerprint density at radius 1 is 0.795 bits per heavy atom. The highest BCUT2D eigenvalue weighted by Crippen LogP contribution is 2.25. The van der Waals surface area contributed by atoms with Crippen LogP contribution in [0.15, 0.2) is 114 Å². The van der Waals surface area contributed by atoms with Crippen molar-refractivity contribution in [3.8, 4) is 0 Å². The van der Waals surface area contributed by atoms with Gasteiger partial charge in [-0.3, -0.25) is 13.9 Å². The summed E-state index contributed by atoms with van der Waals surface area (Å²) in [4.78, 5) is 30.0. The first-order chi connectivity index (χ1) is 21.1. The molecule has 4 rings (SSSR count). The molecule has 0 bridgehead atoms. The number of amides is 2. The second-order valence-corrected chi connectivity index (χ2v) is 13.0. The smallest absolute Gasteiger partial charge is 0.264 e. The third-order valence-electron chi connectivity index (χ3n) is 7.81. The maximum absolute atomic E-state index is 14.5.